The van der Waals surface area contributed by atoms with Gasteiger partial charge in [0.05, 0.1) is 31.5 Å². The summed E-state index contributed by atoms with van der Waals surface area (Å²) in [5.41, 5.74) is 0.0852. The Morgan fingerprint density at radius 3 is 2.28 bits per heavy atom. The largest absolute Gasteiger partial charge is 0.495 e. The Balaban J connectivity index is 2.12. The molecule has 2 aromatic carbocycles. The fraction of sp³-hybridized carbons (Fsp3) is 0.300. The fourth-order valence-corrected chi connectivity index (χ4v) is 2.83. The molecule has 2 aromatic rings. The number of rotatable bonds is 8. The van der Waals surface area contributed by atoms with Gasteiger partial charge in [-0.2, -0.15) is 13.2 Å². The van der Waals surface area contributed by atoms with Crippen LogP contribution >= 0.6 is 11.6 Å². The highest BCUT2D eigenvalue weighted by atomic mass is 35.5. The monoisotopic (exact) mass is 477 g/mol. The lowest BCUT2D eigenvalue weighted by Gasteiger charge is -2.15. The molecule has 0 aliphatic rings. The molecule has 0 fully saturated rings. The van der Waals surface area contributed by atoms with E-state index in [9.17, 15) is 27.2 Å². The first kappa shape index (κ1) is 25.1. The topological polar surface area (TPSA) is 88.7 Å². The molecule has 2 amide bonds. The van der Waals surface area contributed by atoms with Crippen LogP contribution in [0.25, 0.3) is 0 Å². The smallest absolute Gasteiger partial charge is 0.405 e. The molecular formula is C20H20ClF4N3O4. The third kappa shape index (κ3) is 6.64. The molecule has 0 aromatic heterocycles. The average Bonchev–Trinajstić information content (AvgIpc) is 2.73. The Bertz CT molecular complexity index is 1020. The van der Waals surface area contributed by atoms with Gasteiger partial charge in [0, 0.05) is 28.9 Å². The molecule has 0 bridgehead atoms. The van der Waals surface area contributed by atoms with Crippen molar-refractivity contribution in [3.8, 4) is 11.5 Å². The SMILES string of the molecule is COc1cc(NC(=O)CNc2cc(C(=O)NCC(F)(F)F)cc(F)c2C)c(OC)cc1Cl. The maximum absolute atomic E-state index is 14.2. The molecule has 12 heteroatoms. The van der Waals surface area contributed by atoms with E-state index in [0.29, 0.717) is 5.75 Å². The van der Waals surface area contributed by atoms with E-state index in [2.05, 4.69) is 10.6 Å². The summed E-state index contributed by atoms with van der Waals surface area (Å²) >= 11 is 6.02. The van der Waals surface area contributed by atoms with Crippen LogP contribution in [0.2, 0.25) is 5.02 Å². The van der Waals surface area contributed by atoms with Crippen LogP contribution in [0.4, 0.5) is 28.9 Å². The maximum atomic E-state index is 14.2. The summed E-state index contributed by atoms with van der Waals surface area (Å²) in [6, 6.07) is 4.88. The molecule has 0 atom stereocenters. The number of carbonyl (C=O) groups is 2. The third-order valence-corrected chi connectivity index (χ3v) is 4.54. The Labute approximate surface area is 186 Å². The molecule has 32 heavy (non-hydrogen) atoms. The third-order valence-electron chi connectivity index (χ3n) is 4.24. The van der Waals surface area contributed by atoms with Crippen molar-refractivity contribution in [2.75, 3.05) is 37.9 Å². The number of carbonyl (C=O) groups excluding carboxylic acids is 2. The van der Waals surface area contributed by atoms with Crippen LogP contribution in [0.5, 0.6) is 11.5 Å². The fourth-order valence-electron chi connectivity index (χ4n) is 2.60. The summed E-state index contributed by atoms with van der Waals surface area (Å²) in [7, 11) is 2.78. The molecule has 0 aliphatic heterocycles. The zero-order valence-corrected chi connectivity index (χ0v) is 18.0. The van der Waals surface area contributed by atoms with Gasteiger partial charge in [0.2, 0.25) is 5.91 Å². The summed E-state index contributed by atoms with van der Waals surface area (Å²) in [4.78, 5) is 24.3. The number of methoxy groups -OCH3 is 2. The molecule has 7 nitrogen and oxygen atoms in total. The van der Waals surface area contributed by atoms with Crippen LogP contribution in [0.1, 0.15) is 15.9 Å². The van der Waals surface area contributed by atoms with E-state index in [0.717, 1.165) is 12.1 Å². The van der Waals surface area contributed by atoms with Gasteiger partial charge >= 0.3 is 6.18 Å². The summed E-state index contributed by atoms with van der Waals surface area (Å²) in [5.74, 6) is -1.91. The second kappa shape index (κ2) is 10.4. The lowest BCUT2D eigenvalue weighted by molar-refractivity contribution is -0.123. The van der Waals surface area contributed by atoms with Crippen molar-refractivity contribution in [3.05, 3.63) is 46.2 Å². The van der Waals surface area contributed by atoms with Gasteiger partial charge in [-0.1, -0.05) is 11.6 Å². The van der Waals surface area contributed by atoms with Crippen LogP contribution in [-0.2, 0) is 4.79 Å². The number of amides is 2. The molecule has 0 heterocycles. The molecule has 0 saturated heterocycles. The first-order chi connectivity index (χ1) is 14.9. The second-order valence-corrected chi connectivity index (χ2v) is 6.92. The quantitative estimate of drug-likeness (QED) is 0.497. The van der Waals surface area contributed by atoms with Crippen molar-refractivity contribution >= 4 is 34.8 Å². The Kier molecular flexibility index (Phi) is 8.14. The minimum atomic E-state index is -4.61. The van der Waals surface area contributed by atoms with Crippen LogP contribution in [0.3, 0.4) is 0 Å². The van der Waals surface area contributed by atoms with E-state index in [-0.39, 0.29) is 39.8 Å². The van der Waals surface area contributed by atoms with Crippen LogP contribution in [-0.4, -0.2) is 45.3 Å². The van der Waals surface area contributed by atoms with Gasteiger partial charge < -0.3 is 25.4 Å². The number of anilines is 2. The highest BCUT2D eigenvalue weighted by Crippen LogP contribution is 2.35. The number of hydrogen-bond donors (Lipinski definition) is 3. The van der Waals surface area contributed by atoms with Crippen LogP contribution in [0, 0.1) is 12.7 Å². The molecular weight excluding hydrogens is 458 g/mol. The molecule has 0 unspecified atom stereocenters. The molecule has 0 spiro atoms. The van der Waals surface area contributed by atoms with Gasteiger partial charge in [0.25, 0.3) is 5.91 Å². The lowest BCUT2D eigenvalue weighted by atomic mass is 10.1. The van der Waals surface area contributed by atoms with Crippen molar-refractivity contribution in [3.63, 3.8) is 0 Å². The van der Waals surface area contributed by atoms with Gasteiger partial charge in [-0.15, -0.1) is 0 Å². The summed E-state index contributed by atoms with van der Waals surface area (Å²) in [6.07, 6.45) is -4.61. The Morgan fingerprint density at radius 2 is 1.69 bits per heavy atom. The zero-order chi connectivity index (χ0) is 24.1. The number of benzene rings is 2. The van der Waals surface area contributed by atoms with E-state index in [1.54, 1.807) is 5.32 Å². The first-order valence-electron chi connectivity index (χ1n) is 9.05. The van der Waals surface area contributed by atoms with Crippen molar-refractivity contribution in [1.29, 1.82) is 0 Å². The predicted molar refractivity (Wildman–Crippen MR) is 111 cm³/mol. The van der Waals surface area contributed by atoms with Crippen LogP contribution in [0.15, 0.2) is 24.3 Å². The minimum absolute atomic E-state index is 0.0676. The number of alkyl halides is 3. The predicted octanol–water partition coefficient (Wildman–Crippen LogP) is 4.15. The molecule has 3 N–H and O–H groups in total. The van der Waals surface area contributed by atoms with E-state index in [4.69, 9.17) is 21.1 Å². The van der Waals surface area contributed by atoms with Crippen molar-refractivity contribution in [1.82, 2.24) is 5.32 Å². The summed E-state index contributed by atoms with van der Waals surface area (Å²) < 4.78 is 61.3. The molecule has 0 radical (unpaired) electrons. The maximum Gasteiger partial charge on any atom is 0.405 e. The standard InChI is InChI=1S/C20H20ClF4N3O4/c1-10-13(22)4-11(19(30)27-9-20(23,24)25)5-14(10)26-8-18(29)28-15-7-16(31-2)12(21)6-17(15)32-3/h4-7,26H,8-9H2,1-3H3,(H,27,30)(H,28,29). The summed E-state index contributed by atoms with van der Waals surface area (Å²) in [6.45, 7) is -0.513. The Hall–Kier alpha value is -3.21. The summed E-state index contributed by atoms with van der Waals surface area (Å²) in [5, 5.41) is 7.18. The molecule has 2 rings (SSSR count). The van der Waals surface area contributed by atoms with Gasteiger partial charge in [0.1, 0.15) is 23.9 Å². The molecule has 0 saturated carbocycles. The highest BCUT2D eigenvalue weighted by molar-refractivity contribution is 6.32. The normalized spacial score (nSPS) is 11.0. The van der Waals surface area contributed by atoms with Crippen molar-refractivity contribution in [2.45, 2.75) is 13.1 Å². The average molecular weight is 478 g/mol. The van der Waals surface area contributed by atoms with Gasteiger partial charge in [0.15, 0.2) is 0 Å². The Morgan fingerprint density at radius 1 is 1.03 bits per heavy atom. The molecule has 174 valence electrons. The minimum Gasteiger partial charge on any atom is -0.495 e. The highest BCUT2D eigenvalue weighted by Gasteiger charge is 2.28. The van der Waals surface area contributed by atoms with E-state index >= 15 is 0 Å². The van der Waals surface area contributed by atoms with E-state index in [1.165, 1.54) is 33.3 Å². The number of hydrogen-bond acceptors (Lipinski definition) is 5. The second-order valence-electron chi connectivity index (χ2n) is 6.52. The van der Waals surface area contributed by atoms with Crippen LogP contribution < -0.4 is 25.4 Å². The lowest BCUT2D eigenvalue weighted by Crippen LogP contribution is -2.33. The van der Waals surface area contributed by atoms with Crippen molar-refractivity contribution < 1.29 is 36.6 Å². The molecule has 0 aliphatic carbocycles. The van der Waals surface area contributed by atoms with E-state index in [1.807, 2.05) is 0 Å². The van der Waals surface area contributed by atoms with Gasteiger partial charge in [-0.25, -0.2) is 4.39 Å². The van der Waals surface area contributed by atoms with E-state index < -0.39 is 30.4 Å². The first-order valence-corrected chi connectivity index (χ1v) is 9.43. The zero-order valence-electron chi connectivity index (χ0n) is 17.2. The van der Waals surface area contributed by atoms with Gasteiger partial charge in [-0.3, -0.25) is 9.59 Å². The number of halogens is 5. The van der Waals surface area contributed by atoms with Crippen molar-refractivity contribution in [2.24, 2.45) is 0 Å². The number of ether oxygens (including phenoxy) is 2. The van der Waals surface area contributed by atoms with Gasteiger partial charge in [-0.05, 0) is 19.1 Å². The number of nitrogens with one attached hydrogen (secondary N) is 3.